The molecule has 4 rings (SSSR count). The highest BCUT2D eigenvalue weighted by atomic mass is 35.5. The number of halogens is 1. The molecule has 0 radical (unpaired) electrons. The SMILES string of the molecule is Clc1cccc2sc3c4ccccc4cnc3c12. The zero-order valence-corrected chi connectivity index (χ0v) is 10.9. The van der Waals surface area contributed by atoms with Crippen LogP contribution in [0.5, 0.6) is 0 Å². The van der Waals surface area contributed by atoms with E-state index in [-0.39, 0.29) is 0 Å². The lowest BCUT2D eigenvalue weighted by molar-refractivity contribution is 1.47. The molecular formula is C15H8ClNS. The fourth-order valence-electron chi connectivity index (χ4n) is 2.35. The summed E-state index contributed by atoms with van der Waals surface area (Å²) in [4.78, 5) is 4.58. The monoisotopic (exact) mass is 269 g/mol. The number of benzene rings is 2. The van der Waals surface area contributed by atoms with E-state index >= 15 is 0 Å². The number of hydrogen-bond acceptors (Lipinski definition) is 2. The van der Waals surface area contributed by atoms with Crippen molar-refractivity contribution in [1.82, 2.24) is 4.98 Å². The highest BCUT2D eigenvalue weighted by molar-refractivity contribution is 7.26. The summed E-state index contributed by atoms with van der Waals surface area (Å²) in [5, 5.41) is 4.28. The van der Waals surface area contributed by atoms with Gasteiger partial charge in [-0.05, 0) is 12.1 Å². The molecule has 0 aliphatic heterocycles. The van der Waals surface area contributed by atoms with Crippen LogP contribution in [0.3, 0.4) is 0 Å². The molecule has 0 atom stereocenters. The molecule has 0 amide bonds. The summed E-state index contributed by atoms with van der Waals surface area (Å²) in [5.41, 5.74) is 1.01. The third-order valence-corrected chi connectivity index (χ3v) is 4.67. The van der Waals surface area contributed by atoms with Gasteiger partial charge in [0.15, 0.2) is 0 Å². The number of thiophene rings is 1. The molecule has 2 aromatic carbocycles. The molecule has 1 nitrogen and oxygen atoms in total. The number of fused-ring (bicyclic) bond motifs is 5. The number of rotatable bonds is 0. The first kappa shape index (κ1) is 10.3. The van der Waals surface area contributed by atoms with Gasteiger partial charge in [0, 0.05) is 27.1 Å². The van der Waals surface area contributed by atoms with Crippen LogP contribution in [0.1, 0.15) is 0 Å². The van der Waals surface area contributed by atoms with E-state index in [1.807, 2.05) is 24.4 Å². The van der Waals surface area contributed by atoms with Crippen molar-refractivity contribution in [1.29, 1.82) is 0 Å². The summed E-state index contributed by atoms with van der Waals surface area (Å²) >= 11 is 8.05. The standard InChI is InChI=1S/C15H8ClNS/c16-11-6-3-7-12-13(11)14-15(18-12)10-5-2-1-4-9(10)8-17-14/h1-8H. The lowest BCUT2D eigenvalue weighted by Gasteiger charge is -1.98. The van der Waals surface area contributed by atoms with Crippen molar-refractivity contribution >= 4 is 54.0 Å². The topological polar surface area (TPSA) is 12.9 Å². The van der Waals surface area contributed by atoms with E-state index in [2.05, 4.69) is 29.2 Å². The van der Waals surface area contributed by atoms with Crippen molar-refractivity contribution in [3.63, 3.8) is 0 Å². The maximum absolute atomic E-state index is 6.30. The Morgan fingerprint density at radius 1 is 1.00 bits per heavy atom. The molecule has 86 valence electrons. The van der Waals surface area contributed by atoms with Crippen molar-refractivity contribution in [2.75, 3.05) is 0 Å². The van der Waals surface area contributed by atoms with Crippen LogP contribution in [0.15, 0.2) is 48.7 Å². The first-order valence-electron chi connectivity index (χ1n) is 5.69. The van der Waals surface area contributed by atoms with Crippen LogP contribution in [0.2, 0.25) is 5.02 Å². The highest BCUT2D eigenvalue weighted by Gasteiger charge is 2.11. The van der Waals surface area contributed by atoms with E-state index in [0.717, 1.165) is 15.9 Å². The summed E-state index contributed by atoms with van der Waals surface area (Å²) in [7, 11) is 0. The maximum atomic E-state index is 6.30. The number of pyridine rings is 1. The Hall–Kier alpha value is -1.64. The first-order chi connectivity index (χ1) is 8.84. The van der Waals surface area contributed by atoms with Gasteiger partial charge in [-0.3, -0.25) is 4.98 Å². The molecule has 2 aromatic heterocycles. The first-order valence-corrected chi connectivity index (χ1v) is 6.88. The molecule has 2 heterocycles. The Bertz CT molecular complexity index is 895. The van der Waals surface area contributed by atoms with Crippen LogP contribution >= 0.6 is 22.9 Å². The van der Waals surface area contributed by atoms with E-state index in [4.69, 9.17) is 11.6 Å². The van der Waals surface area contributed by atoms with Gasteiger partial charge < -0.3 is 0 Å². The van der Waals surface area contributed by atoms with E-state index in [9.17, 15) is 0 Å². The second-order valence-corrected chi connectivity index (χ2v) is 5.70. The molecule has 0 aliphatic rings. The lowest BCUT2D eigenvalue weighted by atomic mass is 10.1. The van der Waals surface area contributed by atoms with Crippen molar-refractivity contribution in [3.8, 4) is 0 Å². The van der Waals surface area contributed by atoms with Crippen molar-refractivity contribution in [3.05, 3.63) is 53.7 Å². The fourth-order valence-corrected chi connectivity index (χ4v) is 3.89. The van der Waals surface area contributed by atoms with Crippen LogP contribution in [0, 0.1) is 0 Å². The second kappa shape index (κ2) is 3.67. The fraction of sp³-hybridized carbons (Fsp3) is 0. The molecule has 0 aliphatic carbocycles. The van der Waals surface area contributed by atoms with Crippen molar-refractivity contribution < 1.29 is 0 Å². The Balaban J connectivity index is 2.34. The molecule has 0 saturated heterocycles. The van der Waals surface area contributed by atoms with Gasteiger partial charge in [0.25, 0.3) is 0 Å². The van der Waals surface area contributed by atoms with E-state index in [1.54, 1.807) is 11.3 Å². The minimum atomic E-state index is 0.779. The molecule has 0 fully saturated rings. The Kier molecular flexibility index (Phi) is 2.10. The van der Waals surface area contributed by atoms with Crippen LogP contribution in [0.25, 0.3) is 31.1 Å². The average Bonchev–Trinajstić information content (AvgIpc) is 2.79. The van der Waals surface area contributed by atoms with Crippen molar-refractivity contribution in [2.24, 2.45) is 0 Å². The molecule has 0 unspecified atom stereocenters. The summed E-state index contributed by atoms with van der Waals surface area (Å²) in [6, 6.07) is 14.3. The normalized spacial score (nSPS) is 11.6. The van der Waals surface area contributed by atoms with Crippen molar-refractivity contribution in [2.45, 2.75) is 0 Å². The molecule has 0 saturated carbocycles. The number of aromatic nitrogens is 1. The Labute approximate surface area is 113 Å². The van der Waals surface area contributed by atoms with Gasteiger partial charge in [-0.25, -0.2) is 0 Å². The average molecular weight is 270 g/mol. The van der Waals surface area contributed by atoms with Crippen LogP contribution < -0.4 is 0 Å². The van der Waals surface area contributed by atoms with Crippen LogP contribution in [-0.2, 0) is 0 Å². The van der Waals surface area contributed by atoms with Gasteiger partial charge in [0.05, 0.1) is 15.2 Å². The third-order valence-electron chi connectivity index (χ3n) is 3.18. The molecule has 4 aromatic rings. The van der Waals surface area contributed by atoms with Gasteiger partial charge in [-0.1, -0.05) is 41.9 Å². The van der Waals surface area contributed by atoms with Crippen LogP contribution in [-0.4, -0.2) is 4.98 Å². The molecule has 0 spiro atoms. The zero-order valence-electron chi connectivity index (χ0n) is 9.35. The maximum Gasteiger partial charge on any atom is 0.0909 e. The van der Waals surface area contributed by atoms with E-state index in [0.29, 0.717) is 0 Å². The summed E-state index contributed by atoms with van der Waals surface area (Å²) in [6.45, 7) is 0. The number of nitrogens with zero attached hydrogens (tertiary/aromatic N) is 1. The quantitative estimate of drug-likeness (QED) is 0.424. The lowest BCUT2D eigenvalue weighted by Crippen LogP contribution is -1.77. The van der Waals surface area contributed by atoms with Gasteiger partial charge in [0.1, 0.15) is 0 Å². The minimum Gasteiger partial charge on any atom is -0.254 e. The third kappa shape index (κ3) is 1.30. The molecule has 0 bridgehead atoms. The van der Waals surface area contributed by atoms with E-state index < -0.39 is 0 Å². The van der Waals surface area contributed by atoms with Gasteiger partial charge in [-0.15, -0.1) is 11.3 Å². The second-order valence-electron chi connectivity index (χ2n) is 4.24. The highest BCUT2D eigenvalue weighted by Crippen LogP contribution is 2.39. The molecule has 0 N–H and O–H groups in total. The molecule has 3 heteroatoms. The van der Waals surface area contributed by atoms with Gasteiger partial charge in [0.2, 0.25) is 0 Å². The Morgan fingerprint density at radius 3 is 2.83 bits per heavy atom. The molecule has 18 heavy (non-hydrogen) atoms. The van der Waals surface area contributed by atoms with Gasteiger partial charge >= 0.3 is 0 Å². The summed E-state index contributed by atoms with van der Waals surface area (Å²) in [6.07, 6.45) is 1.92. The zero-order chi connectivity index (χ0) is 12.1. The summed E-state index contributed by atoms with van der Waals surface area (Å²) < 4.78 is 2.41. The minimum absolute atomic E-state index is 0.779. The van der Waals surface area contributed by atoms with E-state index in [1.165, 1.54) is 20.2 Å². The largest absolute Gasteiger partial charge is 0.254 e. The Morgan fingerprint density at radius 2 is 1.89 bits per heavy atom. The summed E-state index contributed by atoms with van der Waals surface area (Å²) in [5.74, 6) is 0. The van der Waals surface area contributed by atoms with Gasteiger partial charge in [-0.2, -0.15) is 0 Å². The number of hydrogen-bond donors (Lipinski definition) is 0. The van der Waals surface area contributed by atoms with Crippen LogP contribution in [0.4, 0.5) is 0 Å². The predicted molar refractivity (Wildman–Crippen MR) is 79.6 cm³/mol. The smallest absolute Gasteiger partial charge is 0.0909 e. The predicted octanol–water partition coefficient (Wildman–Crippen LogP) is 5.26. The molecular weight excluding hydrogens is 262 g/mol.